The average molecular weight is 343 g/mol. The Morgan fingerprint density at radius 2 is 1.58 bits per heavy atom. The van der Waals surface area contributed by atoms with Gasteiger partial charge in [-0.05, 0) is 41.4 Å². The normalized spacial score (nSPS) is 18.3. The standard InChI is InChI=1S/C23H25N3/c1-25-16-20-9-5-6-10-22(20)23(19-7-3-2-4-8-19)26(17-25)15-18-11-13-21(24)14-12-18/h2-14,23H,15-17,24H2,1H3. The lowest BCUT2D eigenvalue weighted by atomic mass is 9.93. The monoisotopic (exact) mass is 343 g/mol. The van der Waals surface area contributed by atoms with E-state index in [0.717, 1.165) is 25.4 Å². The minimum Gasteiger partial charge on any atom is -0.399 e. The van der Waals surface area contributed by atoms with Gasteiger partial charge in [-0.1, -0.05) is 66.7 Å². The highest BCUT2D eigenvalue weighted by Crippen LogP contribution is 2.35. The maximum absolute atomic E-state index is 5.87. The van der Waals surface area contributed by atoms with Crippen LogP contribution in [0.4, 0.5) is 5.69 Å². The van der Waals surface area contributed by atoms with Gasteiger partial charge >= 0.3 is 0 Å². The van der Waals surface area contributed by atoms with Gasteiger partial charge in [-0.2, -0.15) is 0 Å². The zero-order chi connectivity index (χ0) is 17.9. The number of nitrogens with zero attached hydrogens (tertiary/aromatic N) is 2. The number of fused-ring (bicyclic) bond motifs is 1. The van der Waals surface area contributed by atoms with Crippen LogP contribution in [0.15, 0.2) is 78.9 Å². The molecule has 26 heavy (non-hydrogen) atoms. The summed E-state index contributed by atoms with van der Waals surface area (Å²) in [5.41, 5.74) is 12.1. The quantitative estimate of drug-likeness (QED) is 0.721. The summed E-state index contributed by atoms with van der Waals surface area (Å²) in [6.07, 6.45) is 0. The van der Waals surface area contributed by atoms with E-state index < -0.39 is 0 Å². The highest BCUT2D eigenvalue weighted by atomic mass is 15.3. The summed E-state index contributed by atoms with van der Waals surface area (Å²) in [4.78, 5) is 4.94. The first-order valence-corrected chi connectivity index (χ1v) is 9.10. The number of rotatable bonds is 3. The first-order valence-electron chi connectivity index (χ1n) is 9.10. The predicted octanol–water partition coefficient (Wildman–Crippen LogP) is 4.26. The number of hydrogen-bond acceptors (Lipinski definition) is 3. The molecule has 0 bridgehead atoms. The molecule has 0 aliphatic carbocycles. The average Bonchev–Trinajstić information content (AvgIpc) is 2.79. The number of benzene rings is 3. The van der Waals surface area contributed by atoms with Gasteiger partial charge in [0.25, 0.3) is 0 Å². The molecule has 4 rings (SSSR count). The van der Waals surface area contributed by atoms with Crippen LogP contribution in [0.25, 0.3) is 0 Å². The number of nitrogens with two attached hydrogens (primary N) is 1. The van der Waals surface area contributed by atoms with Crippen molar-refractivity contribution in [2.45, 2.75) is 19.1 Å². The highest BCUT2D eigenvalue weighted by Gasteiger charge is 2.28. The topological polar surface area (TPSA) is 32.5 Å². The Kier molecular flexibility index (Phi) is 4.74. The molecule has 0 saturated heterocycles. The molecule has 0 radical (unpaired) electrons. The Labute approximate surface area is 155 Å². The molecular formula is C23H25N3. The smallest absolute Gasteiger partial charge is 0.0619 e. The molecule has 3 nitrogen and oxygen atoms in total. The molecular weight excluding hydrogens is 318 g/mol. The largest absolute Gasteiger partial charge is 0.399 e. The van der Waals surface area contributed by atoms with Crippen LogP contribution < -0.4 is 5.73 Å². The summed E-state index contributed by atoms with van der Waals surface area (Å²) in [6.45, 7) is 2.77. The molecule has 1 atom stereocenters. The third kappa shape index (κ3) is 3.50. The van der Waals surface area contributed by atoms with Gasteiger partial charge in [0.2, 0.25) is 0 Å². The molecule has 3 aromatic rings. The molecule has 0 spiro atoms. The minimum absolute atomic E-state index is 0.245. The van der Waals surface area contributed by atoms with Crippen molar-refractivity contribution in [3.63, 3.8) is 0 Å². The summed E-state index contributed by atoms with van der Waals surface area (Å²) >= 11 is 0. The Hall–Kier alpha value is -2.62. The van der Waals surface area contributed by atoms with E-state index in [1.54, 1.807) is 0 Å². The second kappa shape index (κ2) is 7.32. The second-order valence-electron chi connectivity index (χ2n) is 7.16. The van der Waals surface area contributed by atoms with Crippen molar-refractivity contribution in [3.8, 4) is 0 Å². The van der Waals surface area contributed by atoms with Gasteiger partial charge in [-0.15, -0.1) is 0 Å². The molecule has 0 amide bonds. The Bertz CT molecular complexity index is 858. The fourth-order valence-electron chi connectivity index (χ4n) is 3.90. The van der Waals surface area contributed by atoms with Gasteiger partial charge in [-0.25, -0.2) is 0 Å². The third-order valence-electron chi connectivity index (χ3n) is 5.06. The summed E-state index contributed by atoms with van der Waals surface area (Å²) in [5.74, 6) is 0. The maximum atomic E-state index is 5.87. The lowest BCUT2D eigenvalue weighted by Gasteiger charge is -2.33. The summed E-state index contributed by atoms with van der Waals surface area (Å²) in [6, 6.07) is 28.2. The fourth-order valence-corrected chi connectivity index (χ4v) is 3.90. The van der Waals surface area contributed by atoms with Gasteiger partial charge in [0, 0.05) is 18.8 Å². The molecule has 1 aliphatic heterocycles. The van der Waals surface area contributed by atoms with E-state index in [-0.39, 0.29) is 6.04 Å². The lowest BCUT2D eigenvalue weighted by Crippen LogP contribution is -2.35. The van der Waals surface area contributed by atoms with E-state index in [0.29, 0.717) is 0 Å². The summed E-state index contributed by atoms with van der Waals surface area (Å²) in [5, 5.41) is 0. The van der Waals surface area contributed by atoms with Crippen molar-refractivity contribution in [2.24, 2.45) is 0 Å². The first kappa shape index (κ1) is 16.8. The number of nitrogen functional groups attached to an aromatic ring is 1. The Balaban J connectivity index is 1.77. The summed E-state index contributed by atoms with van der Waals surface area (Å²) in [7, 11) is 2.19. The van der Waals surface area contributed by atoms with E-state index in [2.05, 4.69) is 83.6 Å². The van der Waals surface area contributed by atoms with E-state index in [4.69, 9.17) is 5.73 Å². The van der Waals surface area contributed by atoms with Crippen molar-refractivity contribution in [1.29, 1.82) is 0 Å². The predicted molar refractivity (Wildman–Crippen MR) is 107 cm³/mol. The van der Waals surface area contributed by atoms with Crippen LogP contribution in [0.5, 0.6) is 0 Å². The molecule has 0 saturated carbocycles. The van der Waals surface area contributed by atoms with Crippen molar-refractivity contribution in [3.05, 3.63) is 101 Å². The molecule has 1 aliphatic rings. The summed E-state index contributed by atoms with van der Waals surface area (Å²) < 4.78 is 0. The first-order chi connectivity index (χ1) is 12.7. The Morgan fingerprint density at radius 3 is 2.35 bits per heavy atom. The van der Waals surface area contributed by atoms with Gasteiger partial charge in [0.15, 0.2) is 0 Å². The SMILES string of the molecule is CN1Cc2ccccc2C(c2ccccc2)N(Cc2ccc(N)cc2)C1. The van der Waals surface area contributed by atoms with Crippen LogP contribution in [0.3, 0.4) is 0 Å². The highest BCUT2D eigenvalue weighted by molar-refractivity contribution is 5.41. The van der Waals surface area contributed by atoms with Crippen LogP contribution >= 0.6 is 0 Å². The zero-order valence-corrected chi connectivity index (χ0v) is 15.2. The molecule has 1 unspecified atom stereocenters. The van der Waals surface area contributed by atoms with E-state index in [1.165, 1.54) is 22.3 Å². The zero-order valence-electron chi connectivity index (χ0n) is 15.2. The number of hydrogen-bond donors (Lipinski definition) is 1. The van der Waals surface area contributed by atoms with Crippen LogP contribution in [-0.2, 0) is 13.1 Å². The molecule has 3 aromatic carbocycles. The molecule has 2 N–H and O–H groups in total. The van der Waals surface area contributed by atoms with Crippen LogP contribution in [0, 0.1) is 0 Å². The van der Waals surface area contributed by atoms with Crippen molar-refractivity contribution < 1.29 is 0 Å². The lowest BCUT2D eigenvalue weighted by molar-refractivity contribution is 0.126. The van der Waals surface area contributed by atoms with Crippen molar-refractivity contribution >= 4 is 5.69 Å². The number of anilines is 1. The van der Waals surface area contributed by atoms with Crippen molar-refractivity contribution in [2.75, 3.05) is 19.5 Å². The van der Waals surface area contributed by atoms with Gasteiger partial charge in [0.1, 0.15) is 0 Å². The molecule has 1 heterocycles. The van der Waals surface area contributed by atoms with E-state index in [1.807, 2.05) is 12.1 Å². The van der Waals surface area contributed by atoms with Crippen LogP contribution in [0.2, 0.25) is 0 Å². The maximum Gasteiger partial charge on any atom is 0.0619 e. The minimum atomic E-state index is 0.245. The van der Waals surface area contributed by atoms with E-state index >= 15 is 0 Å². The fraction of sp³-hybridized carbons (Fsp3) is 0.217. The molecule has 132 valence electrons. The molecule has 0 aromatic heterocycles. The molecule has 3 heteroatoms. The van der Waals surface area contributed by atoms with Crippen molar-refractivity contribution in [1.82, 2.24) is 9.80 Å². The van der Waals surface area contributed by atoms with Gasteiger partial charge in [-0.3, -0.25) is 9.80 Å². The molecule has 0 fully saturated rings. The van der Waals surface area contributed by atoms with Crippen LogP contribution in [-0.4, -0.2) is 23.5 Å². The van der Waals surface area contributed by atoms with Gasteiger partial charge in [0.05, 0.1) is 12.7 Å². The van der Waals surface area contributed by atoms with Gasteiger partial charge < -0.3 is 5.73 Å². The third-order valence-corrected chi connectivity index (χ3v) is 5.06. The van der Waals surface area contributed by atoms with Crippen LogP contribution in [0.1, 0.15) is 28.3 Å². The second-order valence-corrected chi connectivity index (χ2v) is 7.16. The van der Waals surface area contributed by atoms with E-state index in [9.17, 15) is 0 Å². The Morgan fingerprint density at radius 1 is 0.885 bits per heavy atom.